The van der Waals surface area contributed by atoms with Gasteiger partial charge in [0.1, 0.15) is 12.4 Å². The van der Waals surface area contributed by atoms with Gasteiger partial charge in [0.05, 0.1) is 4.90 Å². The maximum atomic E-state index is 13.3. The van der Waals surface area contributed by atoms with Crippen molar-refractivity contribution in [3.05, 3.63) is 60.2 Å². The van der Waals surface area contributed by atoms with Gasteiger partial charge in [-0.2, -0.15) is 0 Å². The number of benzene rings is 2. The summed E-state index contributed by atoms with van der Waals surface area (Å²) in [7, 11) is -4.17. The fraction of sp³-hybridized carbons (Fsp3) is 0.375. The molecule has 0 aliphatic rings. The van der Waals surface area contributed by atoms with Crippen LogP contribution in [0.1, 0.15) is 39.2 Å². The summed E-state index contributed by atoms with van der Waals surface area (Å²) in [5, 5.41) is 10.7. The third kappa shape index (κ3) is 7.38. The lowest BCUT2D eigenvalue weighted by Gasteiger charge is -2.29. The number of sulfonamides is 1. The molecule has 0 atom stereocenters. The minimum atomic E-state index is -4.17. The first kappa shape index (κ1) is 25.4. The first-order valence-corrected chi connectivity index (χ1v) is 11.9. The van der Waals surface area contributed by atoms with Gasteiger partial charge < -0.3 is 4.74 Å². The van der Waals surface area contributed by atoms with Gasteiger partial charge in [0, 0.05) is 13.0 Å². The van der Waals surface area contributed by atoms with Crippen molar-refractivity contribution in [2.45, 2.75) is 44.9 Å². The van der Waals surface area contributed by atoms with E-state index in [-0.39, 0.29) is 35.6 Å². The molecule has 0 saturated heterocycles. The van der Waals surface area contributed by atoms with Gasteiger partial charge >= 0.3 is 0 Å². The number of hydrogen-bond donors (Lipinski definition) is 1. The Bertz CT molecular complexity index is 1030. The minimum Gasteiger partial charge on any atom is -0.481 e. The summed E-state index contributed by atoms with van der Waals surface area (Å²) in [6.07, 6.45) is 1.04. The lowest BCUT2D eigenvalue weighted by Crippen LogP contribution is -2.48. The lowest BCUT2D eigenvalue weighted by molar-refractivity contribution is -0.212. The van der Waals surface area contributed by atoms with E-state index in [4.69, 9.17) is 4.74 Å². The summed E-state index contributed by atoms with van der Waals surface area (Å²) in [6.45, 7) is 5.49. The van der Waals surface area contributed by atoms with Gasteiger partial charge in [0.25, 0.3) is 15.9 Å². The topological polar surface area (TPSA) is 87.2 Å². The maximum absolute atomic E-state index is 13.3. The first-order chi connectivity index (χ1) is 15.3. The Kier molecular flexibility index (Phi) is 9.72. The van der Waals surface area contributed by atoms with Crippen LogP contribution in [0.2, 0.25) is 0 Å². The predicted octanol–water partition coefficient (Wildman–Crippen LogP) is 3.89. The van der Waals surface area contributed by atoms with Crippen LogP contribution in [0.25, 0.3) is 0 Å². The average Bonchev–Trinajstić information content (AvgIpc) is 2.77. The fourth-order valence-corrected chi connectivity index (χ4v) is 4.34. The highest BCUT2D eigenvalue weighted by Gasteiger charge is 2.32. The van der Waals surface area contributed by atoms with E-state index in [0.717, 1.165) is 9.98 Å². The minimum absolute atomic E-state index is 0.0203. The molecule has 0 aromatic heterocycles. The molecule has 0 unspecified atom stereocenters. The maximum Gasteiger partial charge on any atom is 0.262 e. The second-order valence-corrected chi connectivity index (χ2v) is 9.45. The standard InChI is InChI=1S/C24H30N2O5S/c1-4-5-18-31-22-13-15-23(16-14-22)32(29,30)25(26(28)24(27)19-20(2)3)17-9-12-21-10-7-6-8-11-21/h6-8,10-11,13-16,20,28H,9,12,17-19H2,1-3H3. The molecule has 1 N–H and O–H groups in total. The van der Waals surface area contributed by atoms with Crippen LogP contribution in [0.3, 0.4) is 0 Å². The average molecular weight is 459 g/mol. The number of carbonyl (C=O) groups excluding carboxylic acids is 1. The van der Waals surface area contributed by atoms with Crippen LogP contribution < -0.4 is 4.74 Å². The number of hydrogen-bond acceptors (Lipinski definition) is 5. The van der Waals surface area contributed by atoms with Crippen LogP contribution >= 0.6 is 0 Å². The summed E-state index contributed by atoms with van der Waals surface area (Å²) in [4.78, 5) is 12.4. The predicted molar refractivity (Wildman–Crippen MR) is 122 cm³/mol. The van der Waals surface area contributed by atoms with Gasteiger partial charge in [-0.1, -0.05) is 54.5 Å². The molecule has 172 valence electrons. The Morgan fingerprint density at radius 2 is 1.75 bits per heavy atom. The largest absolute Gasteiger partial charge is 0.481 e. The zero-order chi connectivity index (χ0) is 23.6. The molecule has 1 amide bonds. The third-order valence-corrected chi connectivity index (χ3v) is 6.32. The molecule has 0 radical (unpaired) electrons. The van der Waals surface area contributed by atoms with Crippen molar-refractivity contribution in [3.63, 3.8) is 0 Å². The van der Waals surface area contributed by atoms with Gasteiger partial charge in [-0.15, -0.1) is 11.1 Å². The van der Waals surface area contributed by atoms with E-state index in [1.165, 1.54) is 24.3 Å². The van der Waals surface area contributed by atoms with Crippen molar-refractivity contribution in [3.8, 4) is 17.6 Å². The Hall–Kier alpha value is -2.86. The van der Waals surface area contributed by atoms with Crippen LogP contribution in [0.5, 0.6) is 5.75 Å². The molecule has 0 aliphatic carbocycles. The molecule has 0 heterocycles. The SMILES string of the molecule is CC#CCOc1ccc(S(=O)(=O)N(CCCc2ccccc2)N(O)C(=O)CC(C)C)cc1. The molecule has 0 saturated carbocycles. The monoisotopic (exact) mass is 458 g/mol. The zero-order valence-corrected chi connectivity index (χ0v) is 19.5. The summed E-state index contributed by atoms with van der Waals surface area (Å²) in [6, 6.07) is 15.4. The van der Waals surface area contributed by atoms with Crippen LogP contribution in [-0.4, -0.2) is 42.3 Å². The van der Waals surface area contributed by atoms with Gasteiger partial charge in [0.2, 0.25) is 0 Å². The fourth-order valence-electron chi connectivity index (χ4n) is 2.96. The second kappa shape index (κ2) is 12.2. The number of carbonyl (C=O) groups is 1. The molecule has 2 rings (SSSR count). The first-order valence-electron chi connectivity index (χ1n) is 10.5. The van der Waals surface area contributed by atoms with E-state index < -0.39 is 15.9 Å². The van der Waals surface area contributed by atoms with Gasteiger partial charge in [0.15, 0.2) is 0 Å². The Balaban J connectivity index is 2.22. The van der Waals surface area contributed by atoms with Crippen LogP contribution in [0.15, 0.2) is 59.5 Å². The second-order valence-electron chi connectivity index (χ2n) is 7.61. The Morgan fingerprint density at radius 3 is 2.34 bits per heavy atom. The Labute approximate surface area is 190 Å². The molecule has 8 heteroatoms. The number of ether oxygens (including phenoxy) is 1. The quantitative estimate of drug-likeness (QED) is 0.314. The molecule has 0 bridgehead atoms. The molecule has 0 spiro atoms. The molecule has 7 nitrogen and oxygen atoms in total. The number of hydroxylamine groups is 1. The zero-order valence-electron chi connectivity index (χ0n) is 18.7. The highest BCUT2D eigenvalue weighted by Crippen LogP contribution is 2.22. The molecule has 32 heavy (non-hydrogen) atoms. The number of hydrazine groups is 1. The van der Waals surface area contributed by atoms with Crippen molar-refractivity contribution in [1.82, 2.24) is 9.59 Å². The molecule has 0 aliphatic heterocycles. The van der Waals surface area contributed by atoms with Crippen molar-refractivity contribution in [2.75, 3.05) is 13.2 Å². The van der Waals surface area contributed by atoms with E-state index in [9.17, 15) is 18.4 Å². The summed E-state index contributed by atoms with van der Waals surface area (Å²) in [5.41, 5.74) is 1.04. The normalized spacial score (nSPS) is 11.2. The highest BCUT2D eigenvalue weighted by atomic mass is 32.2. The summed E-state index contributed by atoms with van der Waals surface area (Å²) < 4.78 is 32.7. The van der Waals surface area contributed by atoms with Crippen LogP contribution in [0, 0.1) is 17.8 Å². The van der Waals surface area contributed by atoms with E-state index in [1.54, 1.807) is 6.92 Å². The summed E-state index contributed by atoms with van der Waals surface area (Å²) in [5.74, 6) is 5.24. The van der Waals surface area contributed by atoms with E-state index in [2.05, 4.69) is 11.8 Å². The number of amides is 1. The number of aryl methyl sites for hydroxylation is 1. The van der Waals surface area contributed by atoms with E-state index >= 15 is 0 Å². The molecular formula is C24H30N2O5S. The van der Waals surface area contributed by atoms with Crippen molar-refractivity contribution in [2.24, 2.45) is 5.92 Å². The number of rotatable bonds is 11. The Morgan fingerprint density at radius 1 is 1.09 bits per heavy atom. The van der Waals surface area contributed by atoms with Crippen LogP contribution in [-0.2, 0) is 21.2 Å². The molecular weight excluding hydrogens is 428 g/mol. The van der Waals surface area contributed by atoms with Crippen LogP contribution in [0.4, 0.5) is 0 Å². The van der Waals surface area contributed by atoms with Gasteiger partial charge in [-0.3, -0.25) is 10.0 Å². The van der Waals surface area contributed by atoms with Gasteiger partial charge in [-0.25, -0.2) is 8.42 Å². The van der Waals surface area contributed by atoms with Crippen molar-refractivity contribution >= 4 is 15.9 Å². The molecule has 0 fully saturated rings. The van der Waals surface area contributed by atoms with E-state index in [0.29, 0.717) is 18.6 Å². The lowest BCUT2D eigenvalue weighted by atomic mass is 10.1. The number of nitrogens with zero attached hydrogens (tertiary/aromatic N) is 2. The van der Waals surface area contributed by atoms with Crippen molar-refractivity contribution < 1.29 is 23.2 Å². The molecule has 2 aromatic rings. The molecule has 2 aromatic carbocycles. The van der Waals surface area contributed by atoms with Gasteiger partial charge in [-0.05, 0) is 55.5 Å². The van der Waals surface area contributed by atoms with E-state index in [1.807, 2.05) is 44.2 Å². The summed E-state index contributed by atoms with van der Waals surface area (Å²) >= 11 is 0. The highest BCUT2D eigenvalue weighted by molar-refractivity contribution is 7.89. The third-order valence-electron chi connectivity index (χ3n) is 4.56. The van der Waals surface area contributed by atoms with Crippen molar-refractivity contribution in [1.29, 1.82) is 0 Å². The smallest absolute Gasteiger partial charge is 0.262 e.